The van der Waals surface area contributed by atoms with E-state index in [0.29, 0.717) is 34.4 Å². The fourth-order valence-corrected chi connectivity index (χ4v) is 5.61. The van der Waals surface area contributed by atoms with Gasteiger partial charge >= 0.3 is 0 Å². The highest BCUT2D eigenvalue weighted by Crippen LogP contribution is 2.37. The summed E-state index contributed by atoms with van der Waals surface area (Å²) in [5.74, 6) is 0.597. The monoisotopic (exact) mass is 506 g/mol. The number of anilines is 2. The minimum Gasteiger partial charge on any atom is -0.495 e. The number of hydrogen-bond acceptors (Lipinski definition) is 9. The van der Waals surface area contributed by atoms with Gasteiger partial charge in [-0.2, -0.15) is 15.1 Å². The van der Waals surface area contributed by atoms with Gasteiger partial charge in [0.15, 0.2) is 11.3 Å². The molecule has 1 aromatic carbocycles. The smallest absolute Gasteiger partial charge is 0.269 e. The Hall–Kier alpha value is -4.19. The average Bonchev–Trinajstić information content (AvgIpc) is 3.37. The lowest BCUT2D eigenvalue weighted by molar-refractivity contribution is 0.330. The van der Waals surface area contributed by atoms with Crippen molar-refractivity contribution in [2.75, 3.05) is 18.6 Å². The van der Waals surface area contributed by atoms with Crippen LogP contribution in [0.1, 0.15) is 20.8 Å². The molecule has 0 saturated carbocycles. The molecule has 11 nitrogen and oxygen atoms in total. The Kier molecular flexibility index (Phi) is 5.36. The van der Waals surface area contributed by atoms with Crippen LogP contribution in [-0.2, 0) is 16.6 Å². The summed E-state index contributed by atoms with van der Waals surface area (Å²) in [5, 5.41) is 5.75. The third kappa shape index (κ3) is 3.88. The number of rotatable bonds is 5. The second-order valence-electron chi connectivity index (χ2n) is 9.63. The van der Waals surface area contributed by atoms with E-state index in [-0.39, 0.29) is 33.4 Å². The maximum Gasteiger partial charge on any atom is 0.269 e. The highest BCUT2D eigenvalue weighted by atomic mass is 32.2. The summed E-state index contributed by atoms with van der Waals surface area (Å²) in [4.78, 5) is 13.0. The summed E-state index contributed by atoms with van der Waals surface area (Å²) >= 11 is 0. The van der Waals surface area contributed by atoms with E-state index in [2.05, 4.69) is 35.7 Å². The molecule has 5 aromatic rings. The Labute approximate surface area is 207 Å². The van der Waals surface area contributed by atoms with Gasteiger partial charge < -0.3 is 16.2 Å². The molecule has 0 bridgehead atoms. The summed E-state index contributed by atoms with van der Waals surface area (Å²) in [5.41, 5.74) is 13.3. The van der Waals surface area contributed by atoms with E-state index in [1.54, 1.807) is 35.0 Å². The van der Waals surface area contributed by atoms with E-state index in [1.165, 1.54) is 29.4 Å². The minimum absolute atomic E-state index is 0.00506. The first-order chi connectivity index (χ1) is 17.0. The lowest BCUT2D eigenvalue weighted by atomic mass is 9.97. The van der Waals surface area contributed by atoms with Gasteiger partial charge in [-0.25, -0.2) is 22.1 Å². The molecule has 0 aliphatic rings. The molecular formula is C24H26N8O3S. The van der Waals surface area contributed by atoms with Gasteiger partial charge in [-0.1, -0.05) is 39.0 Å². The van der Waals surface area contributed by atoms with Gasteiger partial charge in [-0.05, 0) is 29.7 Å². The van der Waals surface area contributed by atoms with Gasteiger partial charge in [0.2, 0.25) is 5.95 Å². The predicted octanol–water partition coefficient (Wildman–Crippen LogP) is 3.30. The molecule has 0 unspecified atom stereocenters. The summed E-state index contributed by atoms with van der Waals surface area (Å²) in [6.45, 7) is 6.65. The van der Waals surface area contributed by atoms with Crippen molar-refractivity contribution in [1.82, 2.24) is 28.7 Å². The van der Waals surface area contributed by atoms with Gasteiger partial charge in [0.25, 0.3) is 10.0 Å². The normalized spacial score (nSPS) is 12.4. The minimum atomic E-state index is -4.08. The third-order valence-corrected chi connectivity index (χ3v) is 7.31. The second-order valence-corrected chi connectivity index (χ2v) is 11.4. The molecule has 36 heavy (non-hydrogen) atoms. The molecular weight excluding hydrogens is 480 g/mol. The molecule has 4 N–H and O–H groups in total. The first-order valence-corrected chi connectivity index (χ1v) is 12.6. The third-order valence-electron chi connectivity index (χ3n) is 5.59. The zero-order chi connectivity index (χ0) is 25.8. The molecule has 0 fully saturated rings. The van der Waals surface area contributed by atoms with Crippen molar-refractivity contribution in [3.8, 4) is 17.1 Å². The van der Waals surface area contributed by atoms with Crippen LogP contribution in [0.2, 0.25) is 0 Å². The molecule has 0 atom stereocenters. The molecule has 0 aliphatic heterocycles. The number of hydrogen-bond donors (Lipinski definition) is 2. The number of fused-ring (bicyclic) bond motifs is 2. The van der Waals surface area contributed by atoms with Crippen LogP contribution in [0.3, 0.4) is 0 Å². The van der Waals surface area contributed by atoms with Crippen LogP contribution in [0.15, 0.2) is 53.6 Å². The van der Waals surface area contributed by atoms with E-state index in [0.717, 1.165) is 0 Å². The van der Waals surface area contributed by atoms with E-state index in [9.17, 15) is 8.42 Å². The summed E-state index contributed by atoms with van der Waals surface area (Å²) in [6, 6.07) is 11.6. The number of benzene rings is 1. The molecule has 0 aliphatic carbocycles. The van der Waals surface area contributed by atoms with Gasteiger partial charge in [0.05, 0.1) is 29.3 Å². The number of pyridine rings is 1. The average molecular weight is 507 g/mol. The molecule has 5 rings (SSSR count). The summed E-state index contributed by atoms with van der Waals surface area (Å²) in [7, 11) is -2.56. The summed E-state index contributed by atoms with van der Waals surface area (Å²) < 4.78 is 36.1. The van der Waals surface area contributed by atoms with Crippen LogP contribution < -0.4 is 16.2 Å². The largest absolute Gasteiger partial charge is 0.495 e. The Morgan fingerprint density at radius 1 is 1.03 bits per heavy atom. The van der Waals surface area contributed by atoms with E-state index >= 15 is 0 Å². The van der Waals surface area contributed by atoms with E-state index in [4.69, 9.17) is 21.3 Å². The van der Waals surface area contributed by atoms with Crippen LogP contribution >= 0.6 is 0 Å². The fourth-order valence-electron chi connectivity index (χ4n) is 4.12. The number of nitrogen functional groups attached to an aromatic ring is 2. The van der Waals surface area contributed by atoms with Crippen molar-refractivity contribution in [3.05, 3.63) is 48.7 Å². The molecule has 0 amide bonds. The van der Waals surface area contributed by atoms with Gasteiger partial charge in [-0.3, -0.25) is 0 Å². The Balaban J connectivity index is 1.90. The number of nitrogens with zero attached hydrogens (tertiary/aromatic N) is 6. The maximum atomic E-state index is 13.9. The quantitative estimate of drug-likeness (QED) is 0.365. The first kappa shape index (κ1) is 23.5. The topological polar surface area (TPSA) is 157 Å². The molecule has 186 valence electrons. The van der Waals surface area contributed by atoms with Crippen molar-refractivity contribution in [2.45, 2.75) is 32.2 Å². The van der Waals surface area contributed by atoms with Crippen LogP contribution in [0, 0.1) is 5.41 Å². The first-order valence-electron chi connectivity index (χ1n) is 11.2. The van der Waals surface area contributed by atoms with E-state index in [1.807, 2.05) is 0 Å². The molecule has 4 aromatic heterocycles. The van der Waals surface area contributed by atoms with Gasteiger partial charge in [-0.15, -0.1) is 0 Å². The lowest BCUT2D eigenvalue weighted by Crippen LogP contribution is -2.17. The van der Waals surface area contributed by atoms with Crippen molar-refractivity contribution >= 4 is 43.9 Å². The van der Waals surface area contributed by atoms with Gasteiger partial charge in [0.1, 0.15) is 17.3 Å². The SMILES string of the molecule is COc1cnc2c(c1)cc(-c1nn(CC(C)(C)C)c3nc(N)nc(N)c13)n2S(=O)(=O)c1ccccc1. The zero-order valence-corrected chi connectivity index (χ0v) is 21.1. The fraction of sp³-hybridized carbons (Fsp3) is 0.250. The number of aromatic nitrogens is 6. The highest BCUT2D eigenvalue weighted by Gasteiger charge is 2.29. The maximum absolute atomic E-state index is 13.9. The zero-order valence-electron chi connectivity index (χ0n) is 20.3. The number of methoxy groups -OCH3 is 1. The highest BCUT2D eigenvalue weighted by molar-refractivity contribution is 7.90. The van der Waals surface area contributed by atoms with Crippen molar-refractivity contribution in [3.63, 3.8) is 0 Å². The lowest BCUT2D eigenvalue weighted by Gasteiger charge is -2.18. The Bertz CT molecular complexity index is 1720. The molecule has 0 spiro atoms. The Morgan fingerprint density at radius 3 is 2.42 bits per heavy atom. The van der Waals surface area contributed by atoms with Crippen LogP contribution in [0.5, 0.6) is 5.75 Å². The van der Waals surface area contributed by atoms with Crippen molar-refractivity contribution < 1.29 is 13.2 Å². The second kappa shape index (κ2) is 8.19. The van der Waals surface area contributed by atoms with Crippen LogP contribution in [0.25, 0.3) is 33.5 Å². The number of ether oxygens (including phenoxy) is 1. The predicted molar refractivity (Wildman–Crippen MR) is 138 cm³/mol. The van der Waals surface area contributed by atoms with Crippen molar-refractivity contribution in [2.24, 2.45) is 5.41 Å². The Morgan fingerprint density at radius 2 is 1.75 bits per heavy atom. The number of nitrogens with two attached hydrogens (primary N) is 2. The van der Waals surface area contributed by atoms with Crippen LogP contribution in [0.4, 0.5) is 11.8 Å². The summed E-state index contributed by atoms with van der Waals surface area (Å²) in [6.07, 6.45) is 1.47. The van der Waals surface area contributed by atoms with Gasteiger partial charge in [0, 0.05) is 11.9 Å². The molecule has 0 saturated heterocycles. The van der Waals surface area contributed by atoms with Crippen molar-refractivity contribution in [1.29, 1.82) is 0 Å². The van der Waals surface area contributed by atoms with Crippen LogP contribution in [-0.4, -0.2) is 44.2 Å². The standard InChI is InChI=1S/C24H26N8O3S/c1-24(2,3)13-31-22-18(20(25)28-23(26)29-22)19(30-31)17-11-14-10-15(35-4)12-27-21(14)32(17)36(33,34)16-8-6-5-7-9-16/h5-12H,13H2,1-4H3,(H4,25,26,28,29). The molecule has 12 heteroatoms. The molecule has 0 radical (unpaired) electrons. The molecule has 4 heterocycles. The van der Waals surface area contributed by atoms with E-state index < -0.39 is 10.0 Å².